The summed E-state index contributed by atoms with van der Waals surface area (Å²) in [7, 11) is 1.63. The Morgan fingerprint density at radius 1 is 1.11 bits per heavy atom. The third kappa shape index (κ3) is 6.98. The number of hydrogen-bond acceptors (Lipinski definition) is 4. The summed E-state index contributed by atoms with van der Waals surface area (Å²) in [4.78, 5) is 24.1. The molecule has 0 heterocycles. The molecule has 7 heteroatoms. The maximum absolute atomic E-state index is 12.1. The normalized spacial score (nSPS) is 10.4. The third-order valence-electron chi connectivity index (χ3n) is 4.00. The van der Waals surface area contributed by atoms with Gasteiger partial charge in [-0.25, -0.2) is 0 Å². The van der Waals surface area contributed by atoms with Crippen LogP contribution in [-0.2, 0) is 16.0 Å². The van der Waals surface area contributed by atoms with Crippen LogP contribution < -0.4 is 15.4 Å². The molecule has 0 radical (unpaired) electrons. The first-order chi connectivity index (χ1) is 13.5. The summed E-state index contributed by atoms with van der Waals surface area (Å²) in [5.74, 6) is 0.189. The van der Waals surface area contributed by atoms with Crippen LogP contribution in [0.3, 0.4) is 0 Å². The smallest absolute Gasteiger partial charge is 0.262 e. The standard InChI is InChI=1S/C21H25BrN2O4/c1-3-15-5-10-19(18(22)13-15)28-14-20(25)24-17-8-6-16(7-9-17)21(26)23-11-4-12-27-2/h5-10,13H,3-4,11-12,14H2,1-2H3,(H,23,26)(H,24,25). The van der Waals surface area contributed by atoms with E-state index in [1.54, 1.807) is 31.4 Å². The van der Waals surface area contributed by atoms with E-state index < -0.39 is 0 Å². The van der Waals surface area contributed by atoms with Gasteiger partial charge in [0.1, 0.15) is 5.75 Å². The number of benzene rings is 2. The molecule has 2 amide bonds. The zero-order chi connectivity index (χ0) is 20.4. The summed E-state index contributed by atoms with van der Waals surface area (Å²) in [5.41, 5.74) is 2.32. The van der Waals surface area contributed by atoms with Crippen molar-refractivity contribution in [1.82, 2.24) is 5.32 Å². The monoisotopic (exact) mass is 448 g/mol. The molecule has 0 unspecified atom stereocenters. The summed E-state index contributed by atoms with van der Waals surface area (Å²) in [5, 5.41) is 5.57. The molecule has 0 fully saturated rings. The van der Waals surface area contributed by atoms with Crippen LogP contribution in [0.1, 0.15) is 29.3 Å². The fourth-order valence-corrected chi connectivity index (χ4v) is 2.99. The van der Waals surface area contributed by atoms with Crippen molar-refractivity contribution in [2.75, 3.05) is 32.2 Å². The molecular weight excluding hydrogens is 424 g/mol. The number of methoxy groups -OCH3 is 1. The molecule has 0 aliphatic heterocycles. The Balaban J connectivity index is 1.81. The van der Waals surface area contributed by atoms with Crippen LogP contribution in [0, 0.1) is 0 Å². The Kier molecular flexibility index (Phi) is 8.97. The number of amides is 2. The lowest BCUT2D eigenvalue weighted by atomic mass is 10.2. The number of anilines is 1. The molecule has 2 aromatic carbocycles. The molecular formula is C21H25BrN2O4. The summed E-state index contributed by atoms with van der Waals surface area (Å²) >= 11 is 3.45. The van der Waals surface area contributed by atoms with Gasteiger partial charge in [0.2, 0.25) is 0 Å². The van der Waals surface area contributed by atoms with Crippen molar-refractivity contribution in [3.63, 3.8) is 0 Å². The number of aryl methyl sites for hydroxylation is 1. The average molecular weight is 449 g/mol. The first-order valence-electron chi connectivity index (χ1n) is 9.11. The van der Waals surface area contributed by atoms with Crippen molar-refractivity contribution in [3.8, 4) is 5.75 Å². The van der Waals surface area contributed by atoms with E-state index in [1.165, 1.54) is 5.56 Å². The highest BCUT2D eigenvalue weighted by Gasteiger charge is 2.08. The van der Waals surface area contributed by atoms with Crippen LogP contribution in [-0.4, -0.2) is 38.7 Å². The first kappa shape index (κ1) is 21.9. The van der Waals surface area contributed by atoms with Crippen LogP contribution in [0.2, 0.25) is 0 Å². The molecule has 0 saturated heterocycles. The van der Waals surface area contributed by atoms with Crippen LogP contribution in [0.25, 0.3) is 0 Å². The highest BCUT2D eigenvalue weighted by Crippen LogP contribution is 2.26. The van der Waals surface area contributed by atoms with Crippen LogP contribution in [0.4, 0.5) is 5.69 Å². The SMILES string of the molecule is CCc1ccc(OCC(=O)Nc2ccc(C(=O)NCCCOC)cc2)c(Br)c1. The number of hydrogen-bond donors (Lipinski definition) is 2. The number of carbonyl (C=O) groups is 2. The van der Waals surface area contributed by atoms with E-state index in [9.17, 15) is 9.59 Å². The van der Waals surface area contributed by atoms with E-state index in [1.807, 2.05) is 18.2 Å². The average Bonchev–Trinajstić information content (AvgIpc) is 2.70. The van der Waals surface area contributed by atoms with Gasteiger partial charge in [-0.15, -0.1) is 0 Å². The van der Waals surface area contributed by atoms with E-state index in [0.717, 1.165) is 17.3 Å². The third-order valence-corrected chi connectivity index (χ3v) is 4.62. The van der Waals surface area contributed by atoms with E-state index >= 15 is 0 Å². The maximum Gasteiger partial charge on any atom is 0.262 e. The van der Waals surface area contributed by atoms with Gasteiger partial charge in [0.15, 0.2) is 6.61 Å². The molecule has 0 aliphatic rings. The van der Waals surface area contributed by atoms with E-state index in [2.05, 4.69) is 33.5 Å². The molecule has 150 valence electrons. The van der Waals surface area contributed by atoms with Crippen LogP contribution in [0.15, 0.2) is 46.9 Å². The van der Waals surface area contributed by atoms with Gasteiger partial charge in [-0.1, -0.05) is 13.0 Å². The fourth-order valence-electron chi connectivity index (χ4n) is 2.45. The van der Waals surface area contributed by atoms with Gasteiger partial charge < -0.3 is 20.1 Å². The van der Waals surface area contributed by atoms with E-state index in [0.29, 0.717) is 30.2 Å². The second-order valence-electron chi connectivity index (χ2n) is 6.13. The van der Waals surface area contributed by atoms with Gasteiger partial charge in [0.05, 0.1) is 4.47 Å². The molecule has 0 spiro atoms. The van der Waals surface area contributed by atoms with Crippen molar-refractivity contribution in [2.24, 2.45) is 0 Å². The Morgan fingerprint density at radius 2 is 1.86 bits per heavy atom. The van der Waals surface area contributed by atoms with Crippen molar-refractivity contribution >= 4 is 33.4 Å². The van der Waals surface area contributed by atoms with Gasteiger partial charge in [-0.05, 0) is 70.7 Å². The molecule has 6 nitrogen and oxygen atoms in total. The molecule has 2 aromatic rings. The predicted octanol–water partition coefficient (Wildman–Crippen LogP) is 3.80. The van der Waals surface area contributed by atoms with Crippen LogP contribution >= 0.6 is 15.9 Å². The first-order valence-corrected chi connectivity index (χ1v) is 9.91. The number of halogens is 1. The van der Waals surface area contributed by atoms with Crippen molar-refractivity contribution in [1.29, 1.82) is 0 Å². The van der Waals surface area contributed by atoms with Crippen molar-refractivity contribution in [2.45, 2.75) is 19.8 Å². The van der Waals surface area contributed by atoms with E-state index in [-0.39, 0.29) is 18.4 Å². The molecule has 0 aromatic heterocycles. The minimum Gasteiger partial charge on any atom is -0.483 e. The van der Waals surface area contributed by atoms with Gasteiger partial charge in [-0.2, -0.15) is 0 Å². The quantitative estimate of drug-likeness (QED) is 0.542. The topological polar surface area (TPSA) is 76.7 Å². The Hall–Kier alpha value is -2.38. The lowest BCUT2D eigenvalue weighted by Gasteiger charge is -2.10. The Bertz CT molecular complexity index is 793. The molecule has 0 aliphatic carbocycles. The van der Waals surface area contributed by atoms with Gasteiger partial charge in [0.25, 0.3) is 11.8 Å². The Labute approximate surface area is 173 Å². The predicted molar refractivity (Wildman–Crippen MR) is 113 cm³/mol. The number of nitrogens with one attached hydrogen (secondary N) is 2. The largest absolute Gasteiger partial charge is 0.483 e. The molecule has 2 N–H and O–H groups in total. The minimum absolute atomic E-state index is 0.105. The zero-order valence-electron chi connectivity index (χ0n) is 16.1. The lowest BCUT2D eigenvalue weighted by molar-refractivity contribution is -0.118. The lowest BCUT2D eigenvalue weighted by Crippen LogP contribution is -2.25. The van der Waals surface area contributed by atoms with E-state index in [4.69, 9.17) is 9.47 Å². The second-order valence-corrected chi connectivity index (χ2v) is 6.99. The highest BCUT2D eigenvalue weighted by molar-refractivity contribution is 9.10. The fraction of sp³-hybridized carbons (Fsp3) is 0.333. The summed E-state index contributed by atoms with van der Waals surface area (Å²) in [6.45, 7) is 3.13. The maximum atomic E-state index is 12.1. The van der Waals surface area contributed by atoms with Gasteiger partial charge >= 0.3 is 0 Å². The second kappa shape index (κ2) is 11.5. The molecule has 0 saturated carbocycles. The summed E-state index contributed by atoms with van der Waals surface area (Å²) in [6.07, 6.45) is 1.69. The number of ether oxygens (including phenoxy) is 2. The number of carbonyl (C=O) groups excluding carboxylic acids is 2. The summed E-state index contributed by atoms with van der Waals surface area (Å²) in [6, 6.07) is 12.5. The number of rotatable bonds is 10. The molecule has 2 rings (SSSR count). The van der Waals surface area contributed by atoms with Crippen molar-refractivity contribution < 1.29 is 19.1 Å². The molecule has 0 bridgehead atoms. The van der Waals surface area contributed by atoms with Crippen LogP contribution in [0.5, 0.6) is 5.75 Å². The van der Waals surface area contributed by atoms with Crippen molar-refractivity contribution in [3.05, 3.63) is 58.1 Å². The molecule has 0 atom stereocenters. The Morgan fingerprint density at radius 3 is 2.50 bits per heavy atom. The van der Waals surface area contributed by atoms with Gasteiger partial charge in [0, 0.05) is 31.5 Å². The zero-order valence-corrected chi connectivity index (χ0v) is 17.7. The highest BCUT2D eigenvalue weighted by atomic mass is 79.9. The van der Waals surface area contributed by atoms with Gasteiger partial charge in [-0.3, -0.25) is 9.59 Å². The molecule has 28 heavy (non-hydrogen) atoms. The summed E-state index contributed by atoms with van der Waals surface area (Å²) < 4.78 is 11.3. The minimum atomic E-state index is -0.275.